The zero-order valence-corrected chi connectivity index (χ0v) is 10.2. The summed E-state index contributed by atoms with van der Waals surface area (Å²) in [6.07, 6.45) is -4.74. The SMILES string of the molecule is CC(C)c1nc(-c2cccc(C(F)(F)F)c2F)n[nH]1. The van der Waals surface area contributed by atoms with Crippen molar-refractivity contribution in [3.63, 3.8) is 0 Å². The van der Waals surface area contributed by atoms with E-state index in [2.05, 4.69) is 15.2 Å². The van der Waals surface area contributed by atoms with Gasteiger partial charge in [0.2, 0.25) is 0 Å². The molecule has 0 amide bonds. The van der Waals surface area contributed by atoms with E-state index in [1.54, 1.807) is 0 Å². The van der Waals surface area contributed by atoms with Crippen LogP contribution in [0.25, 0.3) is 11.4 Å². The van der Waals surface area contributed by atoms with Crippen LogP contribution in [0.4, 0.5) is 17.6 Å². The predicted molar refractivity (Wildman–Crippen MR) is 60.9 cm³/mol. The second kappa shape index (κ2) is 4.64. The van der Waals surface area contributed by atoms with Crippen LogP contribution in [-0.2, 0) is 6.18 Å². The Morgan fingerprint density at radius 3 is 2.42 bits per heavy atom. The number of rotatable bonds is 2. The minimum absolute atomic E-state index is 0.0232. The van der Waals surface area contributed by atoms with E-state index in [4.69, 9.17) is 0 Å². The van der Waals surface area contributed by atoms with E-state index in [1.807, 2.05) is 13.8 Å². The summed E-state index contributed by atoms with van der Waals surface area (Å²) in [7, 11) is 0. The third kappa shape index (κ3) is 2.59. The Labute approximate surface area is 106 Å². The number of hydrogen-bond acceptors (Lipinski definition) is 2. The fourth-order valence-corrected chi connectivity index (χ4v) is 1.58. The van der Waals surface area contributed by atoms with Gasteiger partial charge in [-0.05, 0) is 12.1 Å². The molecule has 3 nitrogen and oxygen atoms in total. The topological polar surface area (TPSA) is 41.6 Å². The molecule has 19 heavy (non-hydrogen) atoms. The molecule has 0 spiro atoms. The van der Waals surface area contributed by atoms with E-state index in [9.17, 15) is 17.6 Å². The molecule has 1 N–H and O–H groups in total. The number of nitrogens with one attached hydrogen (secondary N) is 1. The predicted octanol–water partition coefficient (Wildman–Crippen LogP) is 3.75. The van der Waals surface area contributed by atoms with Crippen LogP contribution in [0.15, 0.2) is 18.2 Å². The van der Waals surface area contributed by atoms with E-state index in [1.165, 1.54) is 6.07 Å². The molecular formula is C12H11F4N3. The fourth-order valence-electron chi connectivity index (χ4n) is 1.58. The zero-order valence-electron chi connectivity index (χ0n) is 10.2. The van der Waals surface area contributed by atoms with Crippen molar-refractivity contribution in [3.05, 3.63) is 35.4 Å². The summed E-state index contributed by atoms with van der Waals surface area (Å²) in [6, 6.07) is 3.04. The molecule has 2 rings (SSSR count). The molecular weight excluding hydrogens is 262 g/mol. The minimum atomic E-state index is -4.74. The molecule has 0 aliphatic carbocycles. The van der Waals surface area contributed by atoms with Crippen molar-refractivity contribution in [1.29, 1.82) is 0 Å². The van der Waals surface area contributed by atoms with E-state index < -0.39 is 17.6 Å². The summed E-state index contributed by atoms with van der Waals surface area (Å²) < 4.78 is 51.6. The highest BCUT2D eigenvalue weighted by Crippen LogP contribution is 2.34. The van der Waals surface area contributed by atoms with Gasteiger partial charge in [0.1, 0.15) is 11.6 Å². The van der Waals surface area contributed by atoms with Gasteiger partial charge in [-0.25, -0.2) is 9.37 Å². The van der Waals surface area contributed by atoms with Crippen molar-refractivity contribution in [2.75, 3.05) is 0 Å². The van der Waals surface area contributed by atoms with Gasteiger partial charge in [-0.1, -0.05) is 19.9 Å². The quantitative estimate of drug-likeness (QED) is 0.846. The van der Waals surface area contributed by atoms with Crippen LogP contribution in [0.1, 0.15) is 31.2 Å². The van der Waals surface area contributed by atoms with E-state index in [-0.39, 0.29) is 17.3 Å². The third-order valence-corrected chi connectivity index (χ3v) is 2.59. The number of H-pyrrole nitrogens is 1. The first kappa shape index (κ1) is 13.5. The van der Waals surface area contributed by atoms with Crippen LogP contribution < -0.4 is 0 Å². The van der Waals surface area contributed by atoms with Crippen LogP contribution in [-0.4, -0.2) is 15.2 Å². The number of alkyl halides is 3. The maximum atomic E-state index is 13.9. The summed E-state index contributed by atoms with van der Waals surface area (Å²) in [5, 5.41) is 6.33. The first-order chi connectivity index (χ1) is 8.80. The number of nitrogens with zero attached hydrogens (tertiary/aromatic N) is 2. The minimum Gasteiger partial charge on any atom is -0.262 e. The first-order valence-electron chi connectivity index (χ1n) is 5.59. The van der Waals surface area contributed by atoms with Gasteiger partial charge >= 0.3 is 6.18 Å². The van der Waals surface area contributed by atoms with Crippen LogP contribution >= 0.6 is 0 Å². The molecule has 1 heterocycles. The summed E-state index contributed by atoms with van der Waals surface area (Å²) in [5.74, 6) is -0.918. The summed E-state index contributed by atoms with van der Waals surface area (Å²) >= 11 is 0. The van der Waals surface area contributed by atoms with Crippen LogP contribution in [0.2, 0.25) is 0 Å². The maximum absolute atomic E-state index is 13.9. The monoisotopic (exact) mass is 273 g/mol. The Bertz CT molecular complexity index is 587. The van der Waals surface area contributed by atoms with Crippen molar-refractivity contribution in [2.24, 2.45) is 0 Å². The standard InChI is InChI=1S/C12H11F4N3/c1-6(2)10-17-11(19-18-10)7-4-3-5-8(9(7)13)12(14,15)16/h3-6H,1-2H3,(H,17,18,19). The molecule has 0 aliphatic heterocycles. The molecule has 0 bridgehead atoms. The summed E-state index contributed by atoms with van der Waals surface area (Å²) in [4.78, 5) is 3.99. The van der Waals surface area contributed by atoms with Gasteiger partial charge in [0.05, 0.1) is 11.1 Å². The number of aromatic amines is 1. The summed E-state index contributed by atoms with van der Waals surface area (Å²) in [6.45, 7) is 3.68. The highest BCUT2D eigenvalue weighted by molar-refractivity contribution is 5.57. The summed E-state index contributed by atoms with van der Waals surface area (Å²) in [5.41, 5.74) is -1.58. The van der Waals surface area contributed by atoms with Crippen molar-refractivity contribution in [3.8, 4) is 11.4 Å². The molecule has 0 atom stereocenters. The number of aromatic nitrogens is 3. The lowest BCUT2D eigenvalue weighted by Crippen LogP contribution is -2.09. The van der Waals surface area contributed by atoms with Gasteiger partial charge in [0, 0.05) is 5.92 Å². The maximum Gasteiger partial charge on any atom is 0.419 e. The van der Waals surface area contributed by atoms with E-state index in [0.29, 0.717) is 11.9 Å². The van der Waals surface area contributed by atoms with Crippen molar-refractivity contribution in [2.45, 2.75) is 25.9 Å². The highest BCUT2D eigenvalue weighted by atomic mass is 19.4. The van der Waals surface area contributed by atoms with Crippen LogP contribution in [0, 0.1) is 5.82 Å². The van der Waals surface area contributed by atoms with Crippen molar-refractivity contribution >= 4 is 0 Å². The molecule has 2 aromatic rings. The highest BCUT2D eigenvalue weighted by Gasteiger charge is 2.35. The zero-order chi connectivity index (χ0) is 14.2. The molecule has 0 aliphatic rings. The Balaban J connectivity index is 2.51. The number of benzene rings is 1. The van der Waals surface area contributed by atoms with Crippen LogP contribution in [0.5, 0.6) is 0 Å². The normalized spacial score (nSPS) is 12.2. The molecule has 0 radical (unpaired) electrons. The molecule has 0 saturated heterocycles. The van der Waals surface area contributed by atoms with Crippen molar-refractivity contribution in [1.82, 2.24) is 15.2 Å². The largest absolute Gasteiger partial charge is 0.419 e. The van der Waals surface area contributed by atoms with Gasteiger partial charge < -0.3 is 0 Å². The Morgan fingerprint density at radius 1 is 1.21 bits per heavy atom. The lowest BCUT2D eigenvalue weighted by molar-refractivity contribution is -0.139. The molecule has 0 fully saturated rings. The smallest absolute Gasteiger partial charge is 0.262 e. The van der Waals surface area contributed by atoms with Gasteiger partial charge in [0.25, 0.3) is 0 Å². The van der Waals surface area contributed by atoms with Crippen molar-refractivity contribution < 1.29 is 17.6 Å². The third-order valence-electron chi connectivity index (χ3n) is 2.59. The molecule has 0 unspecified atom stereocenters. The van der Waals surface area contributed by atoms with E-state index >= 15 is 0 Å². The van der Waals surface area contributed by atoms with E-state index in [0.717, 1.165) is 6.07 Å². The number of hydrogen-bond donors (Lipinski definition) is 1. The molecule has 7 heteroatoms. The Hall–Kier alpha value is -1.92. The van der Waals surface area contributed by atoms with Gasteiger partial charge in [-0.3, -0.25) is 5.10 Å². The Morgan fingerprint density at radius 2 is 1.89 bits per heavy atom. The molecule has 0 saturated carbocycles. The lowest BCUT2D eigenvalue weighted by Gasteiger charge is -2.09. The first-order valence-corrected chi connectivity index (χ1v) is 5.59. The van der Waals surface area contributed by atoms with Gasteiger partial charge in [-0.2, -0.15) is 18.3 Å². The molecule has 1 aromatic heterocycles. The second-order valence-electron chi connectivity index (χ2n) is 4.36. The lowest BCUT2D eigenvalue weighted by atomic mass is 10.1. The molecule has 102 valence electrons. The molecule has 1 aromatic carbocycles. The second-order valence-corrected chi connectivity index (χ2v) is 4.36. The average molecular weight is 273 g/mol. The van der Waals surface area contributed by atoms with Crippen LogP contribution in [0.3, 0.4) is 0 Å². The average Bonchev–Trinajstić information content (AvgIpc) is 2.77. The fraction of sp³-hybridized carbons (Fsp3) is 0.333. The van der Waals surface area contributed by atoms with Gasteiger partial charge in [0.15, 0.2) is 5.82 Å². The van der Waals surface area contributed by atoms with Gasteiger partial charge in [-0.15, -0.1) is 0 Å². The number of halogens is 4. The Kier molecular flexibility index (Phi) is 3.30.